The Balaban J connectivity index is 1.57. The molecule has 0 spiro atoms. The fourth-order valence-corrected chi connectivity index (χ4v) is 4.39. The summed E-state index contributed by atoms with van der Waals surface area (Å²) in [6.45, 7) is 2.90. The lowest BCUT2D eigenvalue weighted by Gasteiger charge is -2.37. The highest BCUT2D eigenvalue weighted by Crippen LogP contribution is 2.38. The second-order valence-corrected chi connectivity index (χ2v) is 8.75. The molecule has 0 saturated carbocycles. The molecule has 6 nitrogen and oxygen atoms in total. The molecule has 0 fully saturated rings. The predicted molar refractivity (Wildman–Crippen MR) is 136 cm³/mol. The van der Waals surface area contributed by atoms with Crippen LogP contribution in [0.2, 0.25) is 5.02 Å². The fourth-order valence-electron chi connectivity index (χ4n) is 4.26. The Morgan fingerprint density at radius 1 is 0.943 bits per heavy atom. The number of carbonyl (C=O) groups is 1. The molecule has 0 saturated heterocycles. The molecule has 1 amide bonds. The largest absolute Gasteiger partial charge is 0.493 e. The Bertz CT molecular complexity index is 1150. The molecular formula is C28H30ClNO5. The maximum Gasteiger partial charge on any atom is 0.261 e. The van der Waals surface area contributed by atoms with Crippen molar-refractivity contribution < 1.29 is 23.7 Å². The Morgan fingerprint density at radius 3 is 2.23 bits per heavy atom. The molecule has 0 bridgehead atoms. The highest BCUT2D eigenvalue weighted by Gasteiger charge is 2.33. The summed E-state index contributed by atoms with van der Waals surface area (Å²) in [5.74, 6) is 2.53. The third kappa shape index (κ3) is 5.82. The van der Waals surface area contributed by atoms with Gasteiger partial charge >= 0.3 is 0 Å². The van der Waals surface area contributed by atoms with E-state index in [9.17, 15) is 4.79 Å². The summed E-state index contributed by atoms with van der Waals surface area (Å²) in [4.78, 5) is 15.1. The van der Waals surface area contributed by atoms with Crippen LogP contribution in [0.5, 0.6) is 23.0 Å². The van der Waals surface area contributed by atoms with Crippen molar-refractivity contribution in [2.45, 2.75) is 25.8 Å². The van der Waals surface area contributed by atoms with Crippen LogP contribution in [0.15, 0.2) is 60.7 Å². The molecule has 0 aliphatic carbocycles. The number of ether oxygens (including phenoxy) is 4. The van der Waals surface area contributed by atoms with E-state index in [0.717, 1.165) is 23.3 Å². The number of hydrogen-bond donors (Lipinski definition) is 0. The van der Waals surface area contributed by atoms with Gasteiger partial charge in [-0.1, -0.05) is 30.7 Å². The van der Waals surface area contributed by atoms with Crippen LogP contribution >= 0.6 is 11.6 Å². The first-order chi connectivity index (χ1) is 17.0. The molecule has 0 radical (unpaired) electrons. The minimum Gasteiger partial charge on any atom is -0.493 e. The number of carbonyl (C=O) groups excluding carboxylic acids is 1. The minimum absolute atomic E-state index is 0.0774. The lowest BCUT2D eigenvalue weighted by molar-refractivity contribution is -0.137. The second-order valence-electron chi connectivity index (χ2n) is 8.31. The molecule has 0 N–H and O–H groups in total. The second kappa shape index (κ2) is 11.4. The van der Waals surface area contributed by atoms with Crippen molar-refractivity contribution in [3.8, 4) is 23.0 Å². The number of benzene rings is 3. The Hall–Kier alpha value is -3.38. The summed E-state index contributed by atoms with van der Waals surface area (Å²) in [6.07, 6.45) is 1.66. The van der Waals surface area contributed by atoms with Crippen molar-refractivity contribution in [1.29, 1.82) is 0 Å². The summed E-state index contributed by atoms with van der Waals surface area (Å²) in [5.41, 5.74) is 3.34. The average Bonchev–Trinajstić information content (AvgIpc) is 2.90. The molecule has 1 heterocycles. The van der Waals surface area contributed by atoms with E-state index >= 15 is 0 Å². The zero-order chi connectivity index (χ0) is 24.8. The van der Waals surface area contributed by atoms with Crippen molar-refractivity contribution >= 4 is 17.5 Å². The number of aryl methyl sites for hydroxylation is 1. The summed E-state index contributed by atoms with van der Waals surface area (Å²) in [7, 11) is 3.23. The van der Waals surface area contributed by atoms with Gasteiger partial charge in [-0.05, 0) is 78.1 Å². The smallest absolute Gasteiger partial charge is 0.261 e. The van der Waals surface area contributed by atoms with Crippen LogP contribution < -0.4 is 18.9 Å². The Kier molecular flexibility index (Phi) is 8.03. The molecular weight excluding hydrogens is 466 g/mol. The molecule has 4 rings (SSSR count). The van der Waals surface area contributed by atoms with Crippen molar-refractivity contribution in [2.24, 2.45) is 0 Å². The van der Waals surface area contributed by atoms with Crippen LogP contribution in [-0.4, -0.2) is 44.8 Å². The average molecular weight is 496 g/mol. The van der Waals surface area contributed by atoms with Crippen molar-refractivity contribution in [3.05, 3.63) is 82.4 Å². The fraction of sp³-hybridized carbons (Fsp3) is 0.321. The maximum absolute atomic E-state index is 13.3. The van der Waals surface area contributed by atoms with Crippen LogP contribution in [0, 0.1) is 0 Å². The number of methoxy groups -OCH3 is 2. The van der Waals surface area contributed by atoms with Crippen LogP contribution in [0.1, 0.15) is 29.7 Å². The van der Waals surface area contributed by atoms with Gasteiger partial charge in [-0.15, -0.1) is 0 Å². The van der Waals surface area contributed by atoms with Crippen molar-refractivity contribution in [1.82, 2.24) is 4.90 Å². The van der Waals surface area contributed by atoms with Gasteiger partial charge in [-0.2, -0.15) is 0 Å². The van der Waals surface area contributed by atoms with Gasteiger partial charge in [0.1, 0.15) is 18.1 Å². The van der Waals surface area contributed by atoms with Gasteiger partial charge < -0.3 is 23.8 Å². The first-order valence-corrected chi connectivity index (χ1v) is 12.0. The number of fused-ring (bicyclic) bond motifs is 1. The molecule has 0 aromatic heterocycles. The molecule has 1 atom stereocenters. The molecule has 35 heavy (non-hydrogen) atoms. The topological polar surface area (TPSA) is 57.2 Å². The van der Waals surface area contributed by atoms with Gasteiger partial charge in [0.15, 0.2) is 18.1 Å². The minimum atomic E-state index is -0.300. The van der Waals surface area contributed by atoms with Crippen LogP contribution in [0.3, 0.4) is 0 Å². The van der Waals surface area contributed by atoms with Crippen LogP contribution in [0.25, 0.3) is 0 Å². The third-order valence-electron chi connectivity index (χ3n) is 6.24. The molecule has 3 aromatic carbocycles. The summed E-state index contributed by atoms with van der Waals surface area (Å²) < 4.78 is 23.0. The first-order valence-electron chi connectivity index (χ1n) is 11.7. The van der Waals surface area contributed by atoms with E-state index in [1.165, 1.54) is 5.56 Å². The summed E-state index contributed by atoms with van der Waals surface area (Å²) >= 11 is 5.95. The number of nitrogens with zero attached hydrogens (tertiary/aromatic N) is 1. The van der Waals surface area contributed by atoms with E-state index in [1.54, 1.807) is 38.5 Å². The predicted octanol–water partition coefficient (Wildman–Crippen LogP) is 5.50. The molecule has 1 aliphatic heterocycles. The highest BCUT2D eigenvalue weighted by atomic mass is 35.5. The molecule has 7 heteroatoms. The zero-order valence-electron chi connectivity index (χ0n) is 20.3. The van der Waals surface area contributed by atoms with Gasteiger partial charge in [0.2, 0.25) is 0 Å². The van der Waals surface area contributed by atoms with Crippen molar-refractivity contribution in [3.63, 3.8) is 0 Å². The summed E-state index contributed by atoms with van der Waals surface area (Å²) in [6, 6.07) is 18.6. The molecule has 3 aromatic rings. The number of rotatable bonds is 9. The highest BCUT2D eigenvalue weighted by molar-refractivity contribution is 6.30. The van der Waals surface area contributed by atoms with Crippen LogP contribution in [-0.2, 0) is 17.6 Å². The Labute approximate surface area is 211 Å². The van der Waals surface area contributed by atoms with Gasteiger partial charge in [-0.3, -0.25) is 4.79 Å². The zero-order valence-corrected chi connectivity index (χ0v) is 21.0. The van der Waals surface area contributed by atoms with E-state index in [0.29, 0.717) is 41.8 Å². The molecule has 1 aliphatic rings. The lowest BCUT2D eigenvalue weighted by Crippen LogP contribution is -2.44. The quantitative estimate of drug-likeness (QED) is 0.392. The molecule has 184 valence electrons. The Morgan fingerprint density at radius 2 is 1.57 bits per heavy atom. The first kappa shape index (κ1) is 24.7. The lowest BCUT2D eigenvalue weighted by atomic mass is 9.92. The standard InChI is InChI=1S/C28H30ClNO5/c1-4-19-5-9-22(10-6-19)34-17-25-24-16-27(33-3)26(32-2)15-20(24)13-14-30(25)28(31)18-35-23-11-7-21(29)8-12-23/h5-12,15-16,25H,4,13-14,17-18H2,1-3H3. The van der Waals surface area contributed by atoms with Crippen LogP contribution in [0.4, 0.5) is 0 Å². The SMILES string of the molecule is CCc1ccc(OCC2c3cc(OC)c(OC)cc3CCN2C(=O)COc2ccc(Cl)cc2)cc1. The van der Waals surface area contributed by atoms with E-state index in [2.05, 4.69) is 19.1 Å². The van der Waals surface area contributed by atoms with Gasteiger partial charge in [0, 0.05) is 11.6 Å². The van der Waals surface area contributed by atoms with Gasteiger partial charge in [0.05, 0.1) is 20.3 Å². The molecule has 1 unspecified atom stereocenters. The third-order valence-corrected chi connectivity index (χ3v) is 6.49. The van der Waals surface area contributed by atoms with E-state index in [-0.39, 0.29) is 18.6 Å². The van der Waals surface area contributed by atoms with E-state index in [4.69, 9.17) is 30.5 Å². The van der Waals surface area contributed by atoms with E-state index < -0.39 is 0 Å². The monoisotopic (exact) mass is 495 g/mol. The van der Waals surface area contributed by atoms with E-state index in [1.807, 2.05) is 29.2 Å². The summed E-state index contributed by atoms with van der Waals surface area (Å²) in [5, 5.41) is 0.616. The van der Waals surface area contributed by atoms with Gasteiger partial charge in [-0.25, -0.2) is 0 Å². The number of halogens is 1. The maximum atomic E-state index is 13.3. The van der Waals surface area contributed by atoms with Gasteiger partial charge in [0.25, 0.3) is 5.91 Å². The van der Waals surface area contributed by atoms with Crippen molar-refractivity contribution in [2.75, 3.05) is 34.0 Å². The normalized spacial score (nSPS) is 14.7. The number of amides is 1. The number of hydrogen-bond acceptors (Lipinski definition) is 5.